The van der Waals surface area contributed by atoms with Crippen molar-refractivity contribution in [3.8, 4) is 22.6 Å². The van der Waals surface area contributed by atoms with E-state index in [1.807, 2.05) is 42.5 Å². The third-order valence-electron chi connectivity index (χ3n) is 4.77. The third-order valence-corrected chi connectivity index (χ3v) is 4.77. The molecule has 7 heteroatoms. The molecular formula is C22H16N6O. The number of hydrogen-bond donors (Lipinski definition) is 2. The quantitative estimate of drug-likeness (QED) is 0.489. The zero-order valence-electron chi connectivity index (χ0n) is 15.5. The van der Waals surface area contributed by atoms with E-state index in [0.717, 1.165) is 38.5 Å². The number of benzene rings is 3. The molecule has 0 atom stereocenters. The number of fused-ring (bicyclic) bond motifs is 2. The van der Waals surface area contributed by atoms with Crippen LogP contribution in [-0.2, 0) is 4.79 Å². The van der Waals surface area contributed by atoms with Gasteiger partial charge in [-0.1, -0.05) is 48.5 Å². The highest BCUT2D eigenvalue weighted by Crippen LogP contribution is 2.36. The van der Waals surface area contributed by atoms with Gasteiger partial charge in [0, 0.05) is 23.6 Å². The molecule has 0 fully saturated rings. The van der Waals surface area contributed by atoms with Crippen LogP contribution in [0.4, 0.5) is 5.69 Å². The van der Waals surface area contributed by atoms with Crippen molar-refractivity contribution < 1.29 is 4.79 Å². The van der Waals surface area contributed by atoms with Gasteiger partial charge in [-0.25, -0.2) is 4.98 Å². The average molecular weight is 380 g/mol. The van der Waals surface area contributed by atoms with Crippen LogP contribution in [0, 0.1) is 0 Å². The van der Waals surface area contributed by atoms with E-state index >= 15 is 0 Å². The van der Waals surface area contributed by atoms with Crippen LogP contribution in [0.5, 0.6) is 0 Å². The lowest BCUT2D eigenvalue weighted by atomic mass is 9.95. The number of amides is 1. The van der Waals surface area contributed by atoms with E-state index in [-0.39, 0.29) is 5.91 Å². The zero-order chi connectivity index (χ0) is 19.8. The molecule has 0 spiro atoms. The molecular weight excluding hydrogens is 364 g/mol. The number of aromatic nitrogens is 5. The second-order valence-corrected chi connectivity index (χ2v) is 6.74. The molecule has 140 valence electrons. The SMILES string of the molecule is CC(=O)Nc1cc(-c2cccc3ccccc23)c2nc(-c3nn[nH]n3)ccc2c1. The molecule has 0 bridgehead atoms. The Morgan fingerprint density at radius 1 is 0.931 bits per heavy atom. The summed E-state index contributed by atoms with van der Waals surface area (Å²) in [6.07, 6.45) is 0. The Hall–Kier alpha value is -4.13. The molecule has 2 aromatic heterocycles. The largest absolute Gasteiger partial charge is 0.326 e. The van der Waals surface area contributed by atoms with Crippen molar-refractivity contribution in [3.63, 3.8) is 0 Å². The second-order valence-electron chi connectivity index (χ2n) is 6.74. The van der Waals surface area contributed by atoms with Gasteiger partial charge >= 0.3 is 0 Å². The minimum Gasteiger partial charge on any atom is -0.326 e. The van der Waals surface area contributed by atoms with E-state index in [1.54, 1.807) is 0 Å². The van der Waals surface area contributed by atoms with Gasteiger partial charge in [0.25, 0.3) is 0 Å². The molecule has 5 rings (SSSR count). The summed E-state index contributed by atoms with van der Waals surface area (Å²) >= 11 is 0. The van der Waals surface area contributed by atoms with Crippen molar-refractivity contribution in [1.82, 2.24) is 25.6 Å². The number of aromatic amines is 1. The highest BCUT2D eigenvalue weighted by atomic mass is 16.1. The van der Waals surface area contributed by atoms with Gasteiger partial charge in [0.2, 0.25) is 11.7 Å². The van der Waals surface area contributed by atoms with E-state index in [9.17, 15) is 4.79 Å². The lowest BCUT2D eigenvalue weighted by molar-refractivity contribution is -0.114. The minimum atomic E-state index is -0.121. The lowest BCUT2D eigenvalue weighted by Gasteiger charge is -2.13. The molecule has 0 aliphatic rings. The maximum atomic E-state index is 11.7. The molecule has 0 aliphatic heterocycles. The van der Waals surface area contributed by atoms with Gasteiger partial charge < -0.3 is 5.32 Å². The number of rotatable bonds is 3. The molecule has 2 heterocycles. The Balaban J connectivity index is 1.83. The van der Waals surface area contributed by atoms with Crippen molar-refractivity contribution in [2.24, 2.45) is 0 Å². The van der Waals surface area contributed by atoms with Crippen LogP contribution < -0.4 is 5.32 Å². The summed E-state index contributed by atoms with van der Waals surface area (Å²) in [4.78, 5) is 16.5. The summed E-state index contributed by atoms with van der Waals surface area (Å²) in [7, 11) is 0. The van der Waals surface area contributed by atoms with Gasteiger partial charge in [-0.3, -0.25) is 4.79 Å². The Kier molecular flexibility index (Phi) is 3.98. The van der Waals surface area contributed by atoms with Crippen molar-refractivity contribution in [1.29, 1.82) is 0 Å². The molecule has 1 amide bonds. The smallest absolute Gasteiger partial charge is 0.222 e. The highest BCUT2D eigenvalue weighted by molar-refractivity contribution is 6.06. The Morgan fingerprint density at radius 2 is 1.79 bits per heavy atom. The van der Waals surface area contributed by atoms with Crippen LogP contribution >= 0.6 is 0 Å². The van der Waals surface area contributed by atoms with Crippen molar-refractivity contribution in [2.45, 2.75) is 6.92 Å². The zero-order valence-corrected chi connectivity index (χ0v) is 15.5. The monoisotopic (exact) mass is 380 g/mol. The Labute approximate surface area is 165 Å². The lowest BCUT2D eigenvalue weighted by Crippen LogP contribution is -2.06. The van der Waals surface area contributed by atoms with Crippen molar-refractivity contribution >= 4 is 33.3 Å². The number of H-pyrrole nitrogens is 1. The number of carbonyl (C=O) groups is 1. The fourth-order valence-electron chi connectivity index (χ4n) is 3.57. The molecule has 0 saturated heterocycles. The van der Waals surface area contributed by atoms with Crippen LogP contribution in [0.3, 0.4) is 0 Å². The number of carbonyl (C=O) groups excluding carboxylic acids is 1. The van der Waals surface area contributed by atoms with Gasteiger partial charge in [-0.05, 0) is 39.7 Å². The van der Waals surface area contributed by atoms with Crippen LogP contribution in [0.2, 0.25) is 0 Å². The topological polar surface area (TPSA) is 96.5 Å². The second kappa shape index (κ2) is 6.79. The summed E-state index contributed by atoms with van der Waals surface area (Å²) in [5.41, 5.74) is 4.12. The Morgan fingerprint density at radius 3 is 2.62 bits per heavy atom. The highest BCUT2D eigenvalue weighted by Gasteiger charge is 2.14. The van der Waals surface area contributed by atoms with E-state index in [1.165, 1.54) is 6.92 Å². The summed E-state index contributed by atoms with van der Waals surface area (Å²) in [5.74, 6) is 0.311. The summed E-state index contributed by atoms with van der Waals surface area (Å²) < 4.78 is 0. The first-order valence-electron chi connectivity index (χ1n) is 9.13. The number of nitrogens with zero attached hydrogens (tertiary/aromatic N) is 4. The fraction of sp³-hybridized carbons (Fsp3) is 0.0455. The van der Waals surface area contributed by atoms with Gasteiger partial charge in [0.1, 0.15) is 5.69 Å². The maximum Gasteiger partial charge on any atom is 0.222 e. The number of nitrogens with one attached hydrogen (secondary N) is 2. The third kappa shape index (κ3) is 3.08. The van der Waals surface area contributed by atoms with Gasteiger partial charge in [-0.15, -0.1) is 10.2 Å². The van der Waals surface area contributed by atoms with E-state index in [0.29, 0.717) is 11.5 Å². The number of hydrogen-bond acceptors (Lipinski definition) is 5. The molecule has 0 radical (unpaired) electrons. The predicted octanol–water partition coefficient (Wildman–Crippen LogP) is 4.19. The number of anilines is 1. The summed E-state index contributed by atoms with van der Waals surface area (Å²) in [6, 6.07) is 22.0. The Bertz CT molecular complexity index is 1360. The molecule has 5 aromatic rings. The van der Waals surface area contributed by atoms with Crippen molar-refractivity contribution in [3.05, 3.63) is 66.7 Å². The van der Waals surface area contributed by atoms with Gasteiger partial charge in [-0.2, -0.15) is 5.21 Å². The molecule has 0 saturated carbocycles. The normalized spacial score (nSPS) is 11.1. The molecule has 2 N–H and O–H groups in total. The van der Waals surface area contributed by atoms with Crippen LogP contribution in [0.1, 0.15) is 6.92 Å². The minimum absolute atomic E-state index is 0.121. The van der Waals surface area contributed by atoms with Crippen LogP contribution in [-0.4, -0.2) is 31.5 Å². The molecule has 29 heavy (non-hydrogen) atoms. The van der Waals surface area contributed by atoms with Crippen LogP contribution in [0.15, 0.2) is 66.7 Å². The number of tetrazole rings is 1. The first-order valence-corrected chi connectivity index (χ1v) is 9.13. The fourth-order valence-corrected chi connectivity index (χ4v) is 3.57. The summed E-state index contributed by atoms with van der Waals surface area (Å²) in [5, 5.41) is 20.2. The maximum absolute atomic E-state index is 11.7. The van der Waals surface area contributed by atoms with Gasteiger partial charge in [0.15, 0.2) is 0 Å². The first kappa shape index (κ1) is 17.0. The first-order chi connectivity index (χ1) is 14.2. The van der Waals surface area contributed by atoms with Crippen LogP contribution in [0.25, 0.3) is 44.3 Å². The van der Waals surface area contributed by atoms with Crippen molar-refractivity contribution in [2.75, 3.05) is 5.32 Å². The van der Waals surface area contributed by atoms with Gasteiger partial charge in [0.05, 0.1) is 5.52 Å². The predicted molar refractivity (Wildman–Crippen MR) is 112 cm³/mol. The molecule has 0 aliphatic carbocycles. The molecule has 0 unspecified atom stereocenters. The van der Waals surface area contributed by atoms with E-state index in [4.69, 9.17) is 4.98 Å². The van der Waals surface area contributed by atoms with E-state index in [2.05, 4.69) is 50.2 Å². The molecule has 3 aromatic carbocycles. The average Bonchev–Trinajstić information content (AvgIpc) is 3.27. The summed E-state index contributed by atoms with van der Waals surface area (Å²) in [6.45, 7) is 1.50. The number of pyridine rings is 1. The molecule has 7 nitrogen and oxygen atoms in total. The van der Waals surface area contributed by atoms with E-state index < -0.39 is 0 Å². The standard InChI is InChI=1S/C22H16N6O/c1-13(29)23-16-11-15-9-10-20(22-25-27-28-26-22)24-21(15)19(12-16)18-8-4-6-14-5-2-3-7-17(14)18/h2-12H,1H3,(H,23,29)(H,25,26,27,28).